The number of carboxylic acid groups (broad SMARTS) is 1. The van der Waals surface area contributed by atoms with Crippen LogP contribution < -0.4 is 14.2 Å². The smallest absolute Gasteiger partial charge is 0.346 e. The number of rotatable bonds is 5. The second-order valence-corrected chi connectivity index (χ2v) is 3.40. The number of hydrogen-bond acceptors (Lipinski definition) is 5. The Labute approximate surface area is 110 Å². The molecule has 19 heavy (non-hydrogen) atoms. The quantitative estimate of drug-likeness (QED) is 0.642. The summed E-state index contributed by atoms with van der Waals surface area (Å²) in [6.07, 6.45) is 1.21. The molecule has 0 aromatic heterocycles. The molecule has 0 saturated heterocycles. The zero-order chi connectivity index (χ0) is 14.4. The van der Waals surface area contributed by atoms with Crippen molar-refractivity contribution in [3.8, 4) is 23.3 Å². The molecular weight excluding hydrogens is 250 g/mol. The van der Waals surface area contributed by atoms with E-state index >= 15 is 0 Å². The van der Waals surface area contributed by atoms with Crippen LogP contribution in [0.4, 0.5) is 0 Å². The molecule has 0 aliphatic carbocycles. The Morgan fingerprint density at radius 1 is 1.21 bits per heavy atom. The Bertz CT molecular complexity index is 557. The fraction of sp³-hybridized carbons (Fsp3) is 0.231. The van der Waals surface area contributed by atoms with Crippen molar-refractivity contribution in [2.75, 3.05) is 21.3 Å². The maximum absolute atomic E-state index is 10.8. The number of hydrogen-bond donors (Lipinski definition) is 1. The van der Waals surface area contributed by atoms with Crippen LogP contribution in [0, 0.1) is 11.3 Å². The summed E-state index contributed by atoms with van der Waals surface area (Å²) in [5, 5.41) is 17.6. The molecule has 6 heteroatoms. The van der Waals surface area contributed by atoms with Gasteiger partial charge < -0.3 is 19.3 Å². The SMILES string of the molecule is COc1ccc(C=C(C#N)C(=O)O)c(OC)c1OC. The van der Waals surface area contributed by atoms with Crippen molar-refractivity contribution < 1.29 is 24.1 Å². The number of carboxylic acids is 1. The number of aliphatic carboxylic acids is 1. The van der Waals surface area contributed by atoms with Gasteiger partial charge in [-0.25, -0.2) is 4.79 Å². The lowest BCUT2D eigenvalue weighted by Gasteiger charge is -2.14. The fourth-order valence-corrected chi connectivity index (χ4v) is 1.54. The van der Waals surface area contributed by atoms with Gasteiger partial charge in [0.1, 0.15) is 11.6 Å². The van der Waals surface area contributed by atoms with E-state index in [0.717, 1.165) is 0 Å². The number of nitriles is 1. The zero-order valence-corrected chi connectivity index (χ0v) is 10.8. The van der Waals surface area contributed by atoms with Gasteiger partial charge in [0.25, 0.3) is 0 Å². The van der Waals surface area contributed by atoms with E-state index in [0.29, 0.717) is 22.8 Å². The van der Waals surface area contributed by atoms with Crippen molar-refractivity contribution in [1.29, 1.82) is 5.26 Å². The molecule has 0 atom stereocenters. The molecule has 1 N–H and O–H groups in total. The minimum absolute atomic E-state index is 0.302. The fourth-order valence-electron chi connectivity index (χ4n) is 1.54. The molecule has 0 aliphatic rings. The first-order chi connectivity index (χ1) is 9.08. The molecule has 1 aromatic rings. The van der Waals surface area contributed by atoms with E-state index in [2.05, 4.69) is 0 Å². The van der Waals surface area contributed by atoms with Gasteiger partial charge in [-0.05, 0) is 18.2 Å². The van der Waals surface area contributed by atoms with Crippen molar-refractivity contribution in [2.45, 2.75) is 0 Å². The first kappa shape index (κ1) is 14.4. The van der Waals surface area contributed by atoms with E-state index in [1.807, 2.05) is 0 Å². The Balaban J connectivity index is 3.46. The highest BCUT2D eigenvalue weighted by Crippen LogP contribution is 2.40. The van der Waals surface area contributed by atoms with Crippen LogP contribution in [0.5, 0.6) is 17.2 Å². The summed E-state index contributed by atoms with van der Waals surface area (Å²) in [4.78, 5) is 10.8. The molecule has 0 fully saturated rings. The number of carbonyl (C=O) groups is 1. The lowest BCUT2D eigenvalue weighted by Crippen LogP contribution is -2.00. The van der Waals surface area contributed by atoms with E-state index in [-0.39, 0.29) is 0 Å². The molecular formula is C13H13NO5. The lowest BCUT2D eigenvalue weighted by atomic mass is 10.1. The molecule has 6 nitrogen and oxygen atoms in total. The van der Waals surface area contributed by atoms with Gasteiger partial charge in [-0.15, -0.1) is 0 Å². The molecule has 0 saturated carbocycles. The average molecular weight is 263 g/mol. The molecule has 0 aliphatic heterocycles. The molecule has 0 unspecified atom stereocenters. The summed E-state index contributed by atoms with van der Waals surface area (Å²) in [6, 6.07) is 4.79. The van der Waals surface area contributed by atoms with Crippen LogP contribution in [0.1, 0.15) is 5.56 Å². The maximum Gasteiger partial charge on any atom is 0.346 e. The van der Waals surface area contributed by atoms with Crippen LogP contribution in [0.3, 0.4) is 0 Å². The highest BCUT2D eigenvalue weighted by Gasteiger charge is 2.16. The molecule has 1 rings (SSSR count). The van der Waals surface area contributed by atoms with Crippen molar-refractivity contribution in [3.63, 3.8) is 0 Å². The Kier molecular flexibility index (Phi) is 4.77. The van der Waals surface area contributed by atoms with Crippen molar-refractivity contribution in [2.24, 2.45) is 0 Å². The second kappa shape index (κ2) is 6.31. The summed E-state index contributed by atoms with van der Waals surface area (Å²) >= 11 is 0. The standard InChI is InChI=1S/C13H13NO5/c1-17-10-5-4-8(6-9(7-14)13(15)16)11(18-2)12(10)19-3/h4-6H,1-3H3,(H,15,16). The maximum atomic E-state index is 10.8. The van der Waals surface area contributed by atoms with Crippen LogP contribution in [-0.2, 0) is 4.79 Å². The van der Waals surface area contributed by atoms with Gasteiger partial charge in [-0.3, -0.25) is 0 Å². The molecule has 0 radical (unpaired) electrons. The number of methoxy groups -OCH3 is 3. The second-order valence-electron chi connectivity index (χ2n) is 3.40. The Morgan fingerprint density at radius 2 is 1.84 bits per heavy atom. The van der Waals surface area contributed by atoms with Gasteiger partial charge in [0, 0.05) is 5.56 Å². The zero-order valence-electron chi connectivity index (χ0n) is 10.8. The Hall–Kier alpha value is -2.68. The van der Waals surface area contributed by atoms with Gasteiger partial charge in [-0.1, -0.05) is 0 Å². The van der Waals surface area contributed by atoms with Crippen LogP contribution in [0.15, 0.2) is 17.7 Å². The van der Waals surface area contributed by atoms with E-state index in [4.69, 9.17) is 24.6 Å². The minimum Gasteiger partial charge on any atom is -0.493 e. The van der Waals surface area contributed by atoms with E-state index < -0.39 is 11.5 Å². The largest absolute Gasteiger partial charge is 0.493 e. The summed E-state index contributed by atoms with van der Waals surface area (Å²) in [5.74, 6) is -0.220. The van der Waals surface area contributed by atoms with Gasteiger partial charge in [0.2, 0.25) is 5.75 Å². The van der Waals surface area contributed by atoms with E-state index in [1.54, 1.807) is 18.2 Å². The highest BCUT2D eigenvalue weighted by molar-refractivity contribution is 5.97. The molecule has 100 valence electrons. The first-order valence-corrected chi connectivity index (χ1v) is 5.23. The molecule has 0 bridgehead atoms. The topological polar surface area (TPSA) is 88.8 Å². The van der Waals surface area contributed by atoms with E-state index in [1.165, 1.54) is 27.4 Å². The summed E-state index contributed by atoms with van der Waals surface area (Å²) in [6.45, 7) is 0. The number of nitrogens with zero attached hydrogens (tertiary/aromatic N) is 1. The average Bonchev–Trinajstić information content (AvgIpc) is 2.42. The summed E-state index contributed by atoms with van der Waals surface area (Å²) in [5.41, 5.74) is 0.0182. The molecule has 0 spiro atoms. The van der Waals surface area contributed by atoms with Crippen molar-refractivity contribution >= 4 is 12.0 Å². The van der Waals surface area contributed by atoms with Gasteiger partial charge in [0.15, 0.2) is 11.5 Å². The van der Waals surface area contributed by atoms with Gasteiger partial charge in [-0.2, -0.15) is 5.26 Å². The third kappa shape index (κ3) is 2.96. The number of ether oxygens (including phenoxy) is 3. The van der Waals surface area contributed by atoms with Crippen LogP contribution in [-0.4, -0.2) is 32.4 Å². The normalized spacial score (nSPS) is 10.5. The van der Waals surface area contributed by atoms with Gasteiger partial charge >= 0.3 is 5.97 Å². The van der Waals surface area contributed by atoms with E-state index in [9.17, 15) is 4.79 Å². The van der Waals surface area contributed by atoms with Crippen molar-refractivity contribution in [3.05, 3.63) is 23.3 Å². The van der Waals surface area contributed by atoms with Crippen LogP contribution >= 0.6 is 0 Å². The monoisotopic (exact) mass is 263 g/mol. The van der Waals surface area contributed by atoms with Gasteiger partial charge in [0.05, 0.1) is 21.3 Å². The van der Waals surface area contributed by atoms with Crippen LogP contribution in [0.25, 0.3) is 6.08 Å². The molecule has 1 aromatic carbocycles. The third-order valence-corrected chi connectivity index (χ3v) is 2.39. The molecule has 0 amide bonds. The first-order valence-electron chi connectivity index (χ1n) is 5.23. The molecule has 0 heterocycles. The summed E-state index contributed by atoms with van der Waals surface area (Å²) in [7, 11) is 4.34. The van der Waals surface area contributed by atoms with Crippen molar-refractivity contribution in [1.82, 2.24) is 0 Å². The predicted octanol–water partition coefficient (Wildman–Crippen LogP) is 1.70. The minimum atomic E-state index is -1.31. The number of benzene rings is 1. The predicted molar refractivity (Wildman–Crippen MR) is 67.3 cm³/mol. The third-order valence-electron chi connectivity index (χ3n) is 2.39. The highest BCUT2D eigenvalue weighted by atomic mass is 16.5. The Morgan fingerprint density at radius 3 is 2.26 bits per heavy atom. The lowest BCUT2D eigenvalue weighted by molar-refractivity contribution is -0.132. The summed E-state index contributed by atoms with van der Waals surface area (Å²) < 4.78 is 15.5. The van der Waals surface area contributed by atoms with Crippen LogP contribution in [0.2, 0.25) is 0 Å².